The van der Waals surface area contributed by atoms with E-state index in [-0.39, 0.29) is 10.8 Å². The Balaban J connectivity index is 1.49. The Morgan fingerprint density at radius 1 is 0.800 bits per heavy atom. The summed E-state index contributed by atoms with van der Waals surface area (Å²) >= 11 is 2.03. The zero-order valence-corrected chi connectivity index (χ0v) is 30.2. The number of benzene rings is 4. The number of hydrogen-bond donors (Lipinski definition) is 0. The molecular weight excluding hydrogens is 563 g/mol. The fourth-order valence-electron chi connectivity index (χ4n) is 8.32. The van der Waals surface area contributed by atoms with Crippen molar-refractivity contribution in [3.63, 3.8) is 0 Å². The number of nitrogens with zero attached hydrogens (tertiary/aromatic N) is 1. The lowest BCUT2D eigenvalue weighted by atomic mass is 9.71. The molecule has 0 spiro atoms. The molecule has 45 heavy (non-hydrogen) atoms. The first kappa shape index (κ1) is 30.8. The summed E-state index contributed by atoms with van der Waals surface area (Å²) < 4.78 is 2.40. The number of aryl methyl sites for hydroxylation is 2. The Bertz CT molecular complexity index is 1990. The van der Waals surface area contributed by atoms with Gasteiger partial charge in [-0.15, -0.1) is 0 Å². The van der Waals surface area contributed by atoms with E-state index < -0.39 is 0 Å². The van der Waals surface area contributed by atoms with Crippen molar-refractivity contribution in [2.24, 2.45) is 23.3 Å². The molecule has 0 saturated heterocycles. The van der Waals surface area contributed by atoms with Crippen molar-refractivity contribution in [1.82, 2.24) is 0 Å². The van der Waals surface area contributed by atoms with Crippen molar-refractivity contribution in [2.75, 3.05) is 0 Å². The molecule has 0 N–H and O–H groups in total. The van der Waals surface area contributed by atoms with E-state index in [0.29, 0.717) is 11.3 Å². The van der Waals surface area contributed by atoms with Crippen LogP contribution in [0, 0.1) is 23.2 Å². The molecule has 2 heterocycles. The van der Waals surface area contributed by atoms with E-state index in [0.717, 1.165) is 12.8 Å². The van der Waals surface area contributed by atoms with E-state index in [9.17, 15) is 0 Å². The van der Waals surface area contributed by atoms with Gasteiger partial charge in [-0.05, 0) is 117 Å². The first-order chi connectivity index (χ1) is 21.1. The normalized spacial score (nSPS) is 16.9. The molecule has 1 aromatic heterocycles. The predicted molar refractivity (Wildman–Crippen MR) is 196 cm³/mol. The van der Waals surface area contributed by atoms with Crippen LogP contribution in [0.2, 0.25) is 0 Å². The van der Waals surface area contributed by atoms with Gasteiger partial charge in [0.2, 0.25) is 5.69 Å². The molecule has 4 aromatic carbocycles. The molecule has 0 radical (unpaired) electrons. The summed E-state index contributed by atoms with van der Waals surface area (Å²) in [4.78, 5) is 2.87. The summed E-state index contributed by atoms with van der Waals surface area (Å²) in [7, 11) is 2.26. The molecule has 5 aromatic rings. The Morgan fingerprint density at radius 2 is 1.51 bits per heavy atom. The third kappa shape index (κ3) is 5.60. The Kier molecular flexibility index (Phi) is 7.25. The van der Waals surface area contributed by atoms with Crippen molar-refractivity contribution in [3.8, 4) is 11.3 Å². The van der Waals surface area contributed by atoms with Crippen LogP contribution in [0.15, 0.2) is 64.5 Å². The van der Waals surface area contributed by atoms with Gasteiger partial charge in [0.25, 0.3) is 0 Å². The summed E-state index contributed by atoms with van der Waals surface area (Å²) in [5.41, 5.74) is 9.68. The van der Waals surface area contributed by atoms with Crippen LogP contribution in [0.25, 0.3) is 43.6 Å². The molecule has 1 aliphatic carbocycles. The highest BCUT2D eigenvalue weighted by Gasteiger charge is 2.34. The van der Waals surface area contributed by atoms with Gasteiger partial charge < -0.3 is 0 Å². The van der Waals surface area contributed by atoms with Gasteiger partial charge in [-0.25, -0.2) is 4.57 Å². The number of aromatic nitrogens is 1. The molecule has 7 rings (SSSR count). The highest BCUT2D eigenvalue weighted by atomic mass is 32.2. The zero-order chi connectivity index (χ0) is 32.1. The summed E-state index contributed by atoms with van der Waals surface area (Å²) in [6.45, 7) is 21.5. The van der Waals surface area contributed by atoms with Crippen LogP contribution in [0.4, 0.5) is 0 Å². The van der Waals surface area contributed by atoms with Gasteiger partial charge >= 0.3 is 0 Å². The summed E-state index contributed by atoms with van der Waals surface area (Å²) in [5, 5.41) is 8.49. The lowest BCUT2D eigenvalue weighted by Crippen LogP contribution is -2.32. The average molecular weight is 615 g/mol. The molecule has 1 nitrogen and oxygen atoms in total. The maximum Gasteiger partial charge on any atom is 0.222 e. The first-order valence-corrected chi connectivity index (χ1v) is 18.1. The number of pyridine rings is 1. The molecule has 2 heteroatoms. The van der Waals surface area contributed by atoms with Crippen molar-refractivity contribution < 1.29 is 4.57 Å². The van der Waals surface area contributed by atoms with Crippen LogP contribution < -0.4 is 4.57 Å². The predicted octanol–water partition coefficient (Wildman–Crippen LogP) is 12.3. The second-order valence-electron chi connectivity index (χ2n) is 17.6. The maximum atomic E-state index is 2.55. The van der Waals surface area contributed by atoms with E-state index in [2.05, 4.69) is 129 Å². The Labute approximate surface area is 275 Å². The smallest absolute Gasteiger partial charge is 0.200 e. The molecule has 234 valence electrons. The third-order valence-electron chi connectivity index (χ3n) is 10.6. The molecule has 1 fully saturated rings. The first-order valence-electron chi connectivity index (χ1n) is 17.2. The molecule has 0 amide bonds. The van der Waals surface area contributed by atoms with E-state index in [4.69, 9.17) is 0 Å². The van der Waals surface area contributed by atoms with Gasteiger partial charge in [-0.2, -0.15) is 0 Å². The van der Waals surface area contributed by atoms with Crippen LogP contribution in [0.5, 0.6) is 0 Å². The highest BCUT2D eigenvalue weighted by molar-refractivity contribution is 8.00. The fraction of sp³-hybridized carbons (Fsp3) is 0.465. The van der Waals surface area contributed by atoms with Gasteiger partial charge in [-0.1, -0.05) is 104 Å². The second kappa shape index (κ2) is 10.6. The average Bonchev–Trinajstić information content (AvgIpc) is 2.94. The van der Waals surface area contributed by atoms with Crippen LogP contribution >= 0.6 is 11.8 Å². The van der Waals surface area contributed by atoms with E-state index in [1.54, 1.807) is 0 Å². The molecule has 1 saturated carbocycles. The number of hydrogen-bond acceptors (Lipinski definition) is 1. The molecule has 2 aliphatic rings. The molecular formula is C43H52NS+. The SMILES string of the molecule is Cc1c2c(c(CC(C)(C)C)c3ccc(CC(C)(C)C)cc13)Sc1cc3ccc(C4CCC(C)(C)CC4)cc3c3cc[n+](C)c-2c13. The van der Waals surface area contributed by atoms with Crippen molar-refractivity contribution >= 4 is 44.1 Å². The molecule has 1 aliphatic heterocycles. The molecule has 0 bridgehead atoms. The van der Waals surface area contributed by atoms with Crippen LogP contribution in [-0.2, 0) is 19.9 Å². The summed E-state index contributed by atoms with van der Waals surface area (Å²) in [5.74, 6) is 0.676. The van der Waals surface area contributed by atoms with Gasteiger partial charge in [-0.3, -0.25) is 0 Å². The lowest BCUT2D eigenvalue weighted by molar-refractivity contribution is -0.659. The zero-order valence-electron chi connectivity index (χ0n) is 29.4. The standard InChI is InChI=1S/C43H52NS/c1-26-33-21-27(24-41(2,3)4)11-14-31(33)35(25-42(5,6)7)40-37(26)39-38-32(17-20-44(39)10)34-22-29(12-13-30(34)23-36(38)45-40)28-15-18-43(8,9)19-16-28/h11-14,17,20-23,28H,15-16,18-19,24-25H2,1-10H3/q+1. The molecule has 0 unspecified atom stereocenters. The van der Waals surface area contributed by atoms with Crippen LogP contribution in [-0.4, -0.2) is 0 Å². The third-order valence-corrected chi connectivity index (χ3v) is 11.8. The topological polar surface area (TPSA) is 3.88 Å². The Hall–Kier alpha value is -2.84. The van der Waals surface area contributed by atoms with Gasteiger partial charge in [0, 0.05) is 21.2 Å². The van der Waals surface area contributed by atoms with Crippen molar-refractivity contribution in [3.05, 3.63) is 77.0 Å². The number of fused-ring (bicyclic) bond motifs is 5. The largest absolute Gasteiger partial charge is 0.222 e. The molecule has 0 atom stereocenters. The lowest BCUT2D eigenvalue weighted by Gasteiger charge is -2.34. The maximum absolute atomic E-state index is 2.55. The minimum absolute atomic E-state index is 0.184. The van der Waals surface area contributed by atoms with Gasteiger partial charge in [0.15, 0.2) is 6.20 Å². The van der Waals surface area contributed by atoms with E-state index in [1.165, 1.54) is 101 Å². The van der Waals surface area contributed by atoms with Crippen LogP contribution in [0.1, 0.15) is 109 Å². The quantitative estimate of drug-likeness (QED) is 0.142. The Morgan fingerprint density at radius 3 is 2.20 bits per heavy atom. The summed E-state index contributed by atoms with van der Waals surface area (Å²) in [6, 6.07) is 19.6. The van der Waals surface area contributed by atoms with E-state index in [1.807, 2.05) is 11.8 Å². The second-order valence-corrected chi connectivity index (χ2v) is 18.7. The minimum atomic E-state index is 0.184. The number of rotatable bonds is 3. The highest BCUT2D eigenvalue weighted by Crippen LogP contribution is 2.54. The van der Waals surface area contributed by atoms with Gasteiger partial charge in [0.05, 0.1) is 10.9 Å². The van der Waals surface area contributed by atoms with Crippen molar-refractivity contribution in [1.29, 1.82) is 0 Å². The van der Waals surface area contributed by atoms with Gasteiger partial charge in [0.1, 0.15) is 7.05 Å². The minimum Gasteiger partial charge on any atom is -0.200 e. The van der Waals surface area contributed by atoms with Crippen molar-refractivity contribution in [2.45, 2.75) is 117 Å². The van der Waals surface area contributed by atoms with Crippen LogP contribution in [0.3, 0.4) is 0 Å². The van der Waals surface area contributed by atoms with E-state index >= 15 is 0 Å². The summed E-state index contributed by atoms with van der Waals surface area (Å²) in [6.07, 6.45) is 9.72. The fourth-order valence-corrected chi connectivity index (χ4v) is 9.69. The monoisotopic (exact) mass is 614 g/mol.